The number of rotatable bonds is 5. The van der Waals surface area contributed by atoms with Crippen LogP contribution in [0.4, 0.5) is 0 Å². The molecule has 2 aromatic carbocycles. The van der Waals surface area contributed by atoms with Gasteiger partial charge in [0.05, 0.1) is 6.54 Å². The van der Waals surface area contributed by atoms with Gasteiger partial charge in [-0.05, 0) is 36.5 Å². The molecule has 4 rings (SSSR count). The number of carbonyl (C=O) groups excluding carboxylic acids is 1. The van der Waals surface area contributed by atoms with Gasteiger partial charge in [-0.15, -0.1) is 10.2 Å². The van der Waals surface area contributed by atoms with Crippen LogP contribution in [0, 0.1) is 5.92 Å². The standard InChI is InChI=1S/C22H24N4O/c27-22(20-9-5-2-6-10-20)25-13-11-18(12-14-25)15-21-24-23-17-26(21)16-19-7-3-1-4-8-19/h1-10,17-18H,11-16H2. The van der Waals surface area contributed by atoms with E-state index >= 15 is 0 Å². The van der Waals surface area contributed by atoms with Crippen LogP contribution in [-0.2, 0) is 13.0 Å². The molecule has 1 amide bonds. The van der Waals surface area contributed by atoms with Gasteiger partial charge in [0.1, 0.15) is 12.2 Å². The first kappa shape index (κ1) is 17.5. The Kier molecular flexibility index (Phi) is 5.28. The number of aromatic nitrogens is 3. The lowest BCUT2D eigenvalue weighted by atomic mass is 9.93. The zero-order valence-electron chi connectivity index (χ0n) is 15.4. The lowest BCUT2D eigenvalue weighted by molar-refractivity contribution is 0.0689. The van der Waals surface area contributed by atoms with Crippen LogP contribution < -0.4 is 0 Å². The molecule has 1 saturated heterocycles. The van der Waals surface area contributed by atoms with Crippen LogP contribution in [0.5, 0.6) is 0 Å². The first-order chi connectivity index (χ1) is 13.3. The van der Waals surface area contributed by atoms with Gasteiger partial charge in [-0.25, -0.2) is 0 Å². The zero-order valence-corrected chi connectivity index (χ0v) is 15.4. The first-order valence-electron chi connectivity index (χ1n) is 9.54. The molecule has 1 aliphatic heterocycles. The van der Waals surface area contributed by atoms with Gasteiger partial charge in [-0.2, -0.15) is 0 Å². The topological polar surface area (TPSA) is 51.0 Å². The molecule has 5 nitrogen and oxygen atoms in total. The minimum atomic E-state index is 0.140. The summed E-state index contributed by atoms with van der Waals surface area (Å²) in [7, 11) is 0. The molecular formula is C22H24N4O. The van der Waals surface area contributed by atoms with Crippen molar-refractivity contribution in [3.63, 3.8) is 0 Å². The van der Waals surface area contributed by atoms with E-state index in [0.29, 0.717) is 5.92 Å². The molecule has 0 atom stereocenters. The number of benzene rings is 2. The summed E-state index contributed by atoms with van der Waals surface area (Å²) in [5, 5.41) is 8.46. The SMILES string of the molecule is O=C(c1ccccc1)N1CCC(Cc2nncn2Cc2ccccc2)CC1. The molecule has 0 saturated carbocycles. The van der Waals surface area contributed by atoms with E-state index in [2.05, 4.69) is 39.0 Å². The molecule has 138 valence electrons. The van der Waals surface area contributed by atoms with Gasteiger partial charge < -0.3 is 9.47 Å². The van der Waals surface area contributed by atoms with Crippen molar-refractivity contribution in [3.05, 3.63) is 83.9 Å². The van der Waals surface area contributed by atoms with Crippen LogP contribution in [0.15, 0.2) is 67.0 Å². The number of hydrogen-bond acceptors (Lipinski definition) is 3. The van der Waals surface area contributed by atoms with Crippen LogP contribution in [0.25, 0.3) is 0 Å². The monoisotopic (exact) mass is 360 g/mol. The van der Waals surface area contributed by atoms with E-state index in [4.69, 9.17) is 0 Å². The molecule has 0 N–H and O–H groups in total. The number of likely N-dealkylation sites (tertiary alicyclic amines) is 1. The van der Waals surface area contributed by atoms with E-state index in [1.165, 1.54) is 5.56 Å². The summed E-state index contributed by atoms with van der Waals surface area (Å²) in [5.41, 5.74) is 2.03. The third kappa shape index (κ3) is 4.25. The number of nitrogens with zero attached hydrogens (tertiary/aromatic N) is 4. The zero-order chi connectivity index (χ0) is 18.5. The van der Waals surface area contributed by atoms with E-state index in [9.17, 15) is 4.79 Å². The first-order valence-corrected chi connectivity index (χ1v) is 9.54. The van der Waals surface area contributed by atoms with Gasteiger partial charge in [-0.3, -0.25) is 4.79 Å². The highest BCUT2D eigenvalue weighted by molar-refractivity contribution is 5.94. The van der Waals surface area contributed by atoms with E-state index in [0.717, 1.165) is 50.3 Å². The maximum absolute atomic E-state index is 12.6. The quantitative estimate of drug-likeness (QED) is 0.700. The van der Waals surface area contributed by atoms with Crippen LogP contribution in [0.3, 0.4) is 0 Å². The molecule has 1 aliphatic rings. The molecular weight excluding hydrogens is 336 g/mol. The maximum atomic E-state index is 12.6. The number of piperidine rings is 1. The van der Waals surface area contributed by atoms with E-state index in [-0.39, 0.29) is 5.91 Å². The van der Waals surface area contributed by atoms with Crippen LogP contribution in [-0.4, -0.2) is 38.7 Å². The highest BCUT2D eigenvalue weighted by Gasteiger charge is 2.24. The minimum absolute atomic E-state index is 0.140. The summed E-state index contributed by atoms with van der Waals surface area (Å²) in [4.78, 5) is 14.6. The highest BCUT2D eigenvalue weighted by atomic mass is 16.2. The minimum Gasteiger partial charge on any atom is -0.339 e. The number of carbonyl (C=O) groups is 1. The summed E-state index contributed by atoms with van der Waals surface area (Å²) in [6.45, 7) is 2.42. The van der Waals surface area contributed by atoms with Crippen molar-refractivity contribution in [2.75, 3.05) is 13.1 Å². The summed E-state index contributed by atoms with van der Waals surface area (Å²) < 4.78 is 2.14. The molecule has 0 bridgehead atoms. The molecule has 2 heterocycles. The van der Waals surface area contributed by atoms with Gasteiger partial charge in [0.15, 0.2) is 0 Å². The molecule has 27 heavy (non-hydrogen) atoms. The summed E-state index contributed by atoms with van der Waals surface area (Å²) in [6.07, 6.45) is 4.75. The molecule has 0 radical (unpaired) electrons. The smallest absolute Gasteiger partial charge is 0.253 e. The van der Waals surface area contributed by atoms with E-state index < -0.39 is 0 Å². The Balaban J connectivity index is 1.34. The van der Waals surface area contributed by atoms with Crippen molar-refractivity contribution < 1.29 is 4.79 Å². The molecule has 1 aromatic heterocycles. The van der Waals surface area contributed by atoms with Gasteiger partial charge in [0, 0.05) is 25.1 Å². The molecule has 0 spiro atoms. The second kappa shape index (κ2) is 8.16. The van der Waals surface area contributed by atoms with E-state index in [1.807, 2.05) is 47.6 Å². The molecule has 5 heteroatoms. The van der Waals surface area contributed by atoms with Crippen molar-refractivity contribution in [3.8, 4) is 0 Å². The summed E-state index contributed by atoms with van der Waals surface area (Å²) in [6, 6.07) is 19.9. The second-order valence-electron chi connectivity index (χ2n) is 7.17. The van der Waals surface area contributed by atoms with Crippen LogP contribution in [0.2, 0.25) is 0 Å². The lowest BCUT2D eigenvalue weighted by Crippen LogP contribution is -2.39. The van der Waals surface area contributed by atoms with Crippen LogP contribution in [0.1, 0.15) is 34.6 Å². The average Bonchev–Trinajstić information content (AvgIpc) is 3.16. The average molecular weight is 360 g/mol. The van der Waals surface area contributed by atoms with Gasteiger partial charge in [0.25, 0.3) is 5.91 Å². The summed E-state index contributed by atoms with van der Waals surface area (Å²) >= 11 is 0. The number of amides is 1. The molecule has 0 aliphatic carbocycles. The fourth-order valence-electron chi connectivity index (χ4n) is 3.71. The normalized spacial score (nSPS) is 15.0. The Morgan fingerprint density at radius 1 is 0.963 bits per heavy atom. The van der Waals surface area contributed by atoms with Crippen molar-refractivity contribution in [1.82, 2.24) is 19.7 Å². The largest absolute Gasteiger partial charge is 0.339 e. The van der Waals surface area contributed by atoms with Crippen LogP contribution >= 0.6 is 0 Å². The Labute approximate surface area is 159 Å². The molecule has 3 aromatic rings. The van der Waals surface area contributed by atoms with Crippen molar-refractivity contribution in [2.45, 2.75) is 25.8 Å². The fourth-order valence-corrected chi connectivity index (χ4v) is 3.71. The maximum Gasteiger partial charge on any atom is 0.253 e. The predicted molar refractivity (Wildman–Crippen MR) is 104 cm³/mol. The fraction of sp³-hybridized carbons (Fsp3) is 0.318. The van der Waals surface area contributed by atoms with Gasteiger partial charge in [-0.1, -0.05) is 48.5 Å². The second-order valence-corrected chi connectivity index (χ2v) is 7.17. The van der Waals surface area contributed by atoms with Crippen molar-refractivity contribution in [1.29, 1.82) is 0 Å². The Bertz CT molecular complexity index is 868. The van der Waals surface area contributed by atoms with Crippen molar-refractivity contribution in [2.24, 2.45) is 5.92 Å². The number of hydrogen-bond donors (Lipinski definition) is 0. The van der Waals surface area contributed by atoms with Crippen molar-refractivity contribution >= 4 is 5.91 Å². The third-order valence-electron chi connectivity index (χ3n) is 5.29. The van der Waals surface area contributed by atoms with E-state index in [1.54, 1.807) is 0 Å². The Hall–Kier alpha value is -2.95. The predicted octanol–water partition coefficient (Wildman–Crippen LogP) is 3.42. The lowest BCUT2D eigenvalue weighted by Gasteiger charge is -2.32. The Morgan fingerprint density at radius 2 is 1.63 bits per heavy atom. The summed E-state index contributed by atoms with van der Waals surface area (Å²) in [5.74, 6) is 1.72. The third-order valence-corrected chi connectivity index (χ3v) is 5.29. The molecule has 0 unspecified atom stereocenters. The Morgan fingerprint density at radius 3 is 2.33 bits per heavy atom. The highest BCUT2D eigenvalue weighted by Crippen LogP contribution is 2.22. The van der Waals surface area contributed by atoms with Gasteiger partial charge >= 0.3 is 0 Å². The molecule has 1 fully saturated rings. The van der Waals surface area contributed by atoms with Gasteiger partial charge in [0.2, 0.25) is 0 Å².